The quantitative estimate of drug-likeness (QED) is 0.330. The number of hydrogen-bond donors (Lipinski definition) is 2. The van der Waals surface area contributed by atoms with Crippen molar-refractivity contribution in [3.63, 3.8) is 0 Å². The zero-order valence-electron chi connectivity index (χ0n) is 17.2. The molecule has 160 valence electrons. The molecule has 11 nitrogen and oxygen atoms in total. The monoisotopic (exact) mass is 423 g/mol. The van der Waals surface area contributed by atoms with Crippen molar-refractivity contribution in [2.24, 2.45) is 0 Å². The molecule has 0 bridgehead atoms. The lowest BCUT2D eigenvalue weighted by Crippen LogP contribution is -2.13. The van der Waals surface area contributed by atoms with Gasteiger partial charge in [0.05, 0.1) is 10.5 Å². The van der Waals surface area contributed by atoms with Crippen molar-refractivity contribution in [1.29, 1.82) is 0 Å². The van der Waals surface area contributed by atoms with Crippen LogP contribution in [0.4, 0.5) is 29.0 Å². The molecule has 0 fully saturated rings. The molecule has 0 amide bonds. The number of aryl methyl sites for hydroxylation is 1. The predicted molar refractivity (Wildman–Crippen MR) is 115 cm³/mol. The lowest BCUT2D eigenvalue weighted by Gasteiger charge is -2.13. The van der Waals surface area contributed by atoms with E-state index < -0.39 is 10.9 Å². The smallest absolute Gasteiger partial charge is 0.338 e. The number of hydrogen-bond acceptors (Lipinski definition) is 10. The average molecular weight is 423 g/mol. The molecule has 3 aromatic rings. The summed E-state index contributed by atoms with van der Waals surface area (Å²) in [5.74, 6) is -0.453. The first kappa shape index (κ1) is 21.4. The molecular weight excluding hydrogens is 402 g/mol. The van der Waals surface area contributed by atoms with E-state index in [9.17, 15) is 14.9 Å². The molecule has 1 heterocycles. The molecular formula is C20H21N7O4. The van der Waals surface area contributed by atoms with Crippen molar-refractivity contribution < 1.29 is 14.5 Å². The van der Waals surface area contributed by atoms with Crippen LogP contribution in [0.1, 0.15) is 21.7 Å². The van der Waals surface area contributed by atoms with E-state index in [2.05, 4.69) is 20.3 Å². The number of nitrogen functional groups attached to an aromatic ring is 1. The van der Waals surface area contributed by atoms with Crippen molar-refractivity contribution in [3.8, 4) is 0 Å². The lowest BCUT2D eigenvalue weighted by atomic mass is 10.1. The van der Waals surface area contributed by atoms with Crippen LogP contribution in [0.5, 0.6) is 0 Å². The van der Waals surface area contributed by atoms with Gasteiger partial charge in [-0.1, -0.05) is 17.7 Å². The van der Waals surface area contributed by atoms with E-state index >= 15 is 0 Å². The van der Waals surface area contributed by atoms with Crippen LogP contribution < -0.4 is 16.0 Å². The molecule has 3 rings (SSSR count). The molecule has 0 aliphatic rings. The van der Waals surface area contributed by atoms with E-state index in [4.69, 9.17) is 10.5 Å². The number of esters is 1. The predicted octanol–water partition coefficient (Wildman–Crippen LogP) is 2.84. The third-order valence-electron chi connectivity index (χ3n) is 4.23. The van der Waals surface area contributed by atoms with Crippen molar-refractivity contribution >= 4 is 34.9 Å². The van der Waals surface area contributed by atoms with Crippen LogP contribution in [0.3, 0.4) is 0 Å². The van der Waals surface area contributed by atoms with Crippen LogP contribution in [0, 0.1) is 17.0 Å². The standard InChI is InChI=1S/C20H21N7O4/c1-12-4-7-14(8-5-12)22-20-24-17(23-19(21)25-20)11-31-18(28)13-6-9-15(26(2)3)16(10-13)27(29)30/h4-10H,11H2,1-3H3,(H3,21,22,23,24,25). The molecule has 0 unspecified atom stereocenters. The van der Waals surface area contributed by atoms with Gasteiger partial charge in [-0.3, -0.25) is 10.1 Å². The van der Waals surface area contributed by atoms with Crippen LogP contribution in [0.25, 0.3) is 0 Å². The third kappa shape index (κ3) is 5.41. The summed E-state index contributed by atoms with van der Waals surface area (Å²) in [6.45, 7) is 1.69. The van der Waals surface area contributed by atoms with Crippen LogP contribution in [-0.2, 0) is 11.3 Å². The van der Waals surface area contributed by atoms with Crippen LogP contribution in [0.15, 0.2) is 42.5 Å². The maximum atomic E-state index is 12.4. The largest absolute Gasteiger partial charge is 0.454 e. The highest BCUT2D eigenvalue weighted by Crippen LogP contribution is 2.28. The summed E-state index contributed by atoms with van der Waals surface area (Å²) < 4.78 is 5.21. The highest BCUT2D eigenvalue weighted by Gasteiger charge is 2.20. The highest BCUT2D eigenvalue weighted by molar-refractivity contribution is 5.91. The average Bonchev–Trinajstić information content (AvgIpc) is 2.72. The van der Waals surface area contributed by atoms with Crippen molar-refractivity contribution in [3.05, 3.63) is 69.5 Å². The van der Waals surface area contributed by atoms with Gasteiger partial charge in [0.25, 0.3) is 5.69 Å². The lowest BCUT2D eigenvalue weighted by molar-refractivity contribution is -0.384. The Kier molecular flexibility index (Phi) is 6.24. The van der Waals surface area contributed by atoms with E-state index in [0.717, 1.165) is 11.3 Å². The summed E-state index contributed by atoms with van der Waals surface area (Å²) in [5.41, 5.74) is 7.80. The van der Waals surface area contributed by atoms with Gasteiger partial charge >= 0.3 is 5.97 Å². The van der Waals surface area contributed by atoms with Gasteiger partial charge in [-0.2, -0.15) is 15.0 Å². The van der Waals surface area contributed by atoms with Gasteiger partial charge in [0, 0.05) is 25.8 Å². The number of benzene rings is 2. The fourth-order valence-corrected chi connectivity index (χ4v) is 2.71. The van der Waals surface area contributed by atoms with Gasteiger partial charge in [-0.15, -0.1) is 0 Å². The molecule has 0 spiro atoms. The maximum Gasteiger partial charge on any atom is 0.338 e. The van der Waals surface area contributed by atoms with Gasteiger partial charge in [0.1, 0.15) is 5.69 Å². The number of rotatable bonds is 7. The molecule has 2 aromatic carbocycles. The van der Waals surface area contributed by atoms with Crippen molar-refractivity contribution in [1.82, 2.24) is 15.0 Å². The van der Waals surface area contributed by atoms with Crippen LogP contribution in [-0.4, -0.2) is 39.9 Å². The van der Waals surface area contributed by atoms with Gasteiger partial charge in [0.15, 0.2) is 12.4 Å². The number of nitrogens with one attached hydrogen (secondary N) is 1. The Morgan fingerprint density at radius 3 is 2.52 bits per heavy atom. The van der Waals surface area contributed by atoms with Gasteiger partial charge < -0.3 is 20.7 Å². The molecule has 0 radical (unpaired) electrons. The first-order chi connectivity index (χ1) is 14.7. The number of nitrogens with zero attached hydrogens (tertiary/aromatic N) is 5. The molecule has 0 saturated heterocycles. The second-order valence-corrected chi connectivity index (χ2v) is 6.86. The second kappa shape index (κ2) is 9.03. The fraction of sp³-hybridized carbons (Fsp3) is 0.200. The summed E-state index contributed by atoms with van der Waals surface area (Å²) >= 11 is 0. The minimum absolute atomic E-state index is 0.0392. The van der Waals surface area contributed by atoms with E-state index in [0.29, 0.717) is 5.69 Å². The molecule has 11 heteroatoms. The van der Waals surface area contributed by atoms with Gasteiger partial charge in [0.2, 0.25) is 11.9 Å². The SMILES string of the molecule is Cc1ccc(Nc2nc(N)nc(COC(=O)c3ccc(N(C)C)c([N+](=O)[O-])c3)n2)cc1. The Bertz CT molecular complexity index is 1120. The summed E-state index contributed by atoms with van der Waals surface area (Å²) in [6.07, 6.45) is 0. The molecule has 0 saturated carbocycles. The molecule has 0 atom stereocenters. The zero-order valence-corrected chi connectivity index (χ0v) is 17.2. The molecule has 31 heavy (non-hydrogen) atoms. The topological polar surface area (TPSA) is 149 Å². The van der Waals surface area contributed by atoms with Crippen molar-refractivity contribution in [2.45, 2.75) is 13.5 Å². The van der Waals surface area contributed by atoms with E-state index in [1.54, 1.807) is 19.0 Å². The summed E-state index contributed by atoms with van der Waals surface area (Å²) in [7, 11) is 3.35. The number of aromatic nitrogens is 3. The first-order valence-corrected chi connectivity index (χ1v) is 9.20. The number of nitro benzene ring substituents is 1. The van der Waals surface area contributed by atoms with Crippen LogP contribution in [0.2, 0.25) is 0 Å². The highest BCUT2D eigenvalue weighted by atomic mass is 16.6. The fourth-order valence-electron chi connectivity index (χ4n) is 2.71. The maximum absolute atomic E-state index is 12.4. The number of anilines is 4. The van der Waals surface area contributed by atoms with Crippen LogP contribution >= 0.6 is 0 Å². The summed E-state index contributed by atoms with van der Waals surface area (Å²) in [4.78, 5) is 36.9. The van der Waals surface area contributed by atoms with E-state index in [1.807, 2.05) is 31.2 Å². The third-order valence-corrected chi connectivity index (χ3v) is 4.23. The summed E-state index contributed by atoms with van der Waals surface area (Å²) in [6, 6.07) is 11.7. The molecule has 0 aliphatic carbocycles. The zero-order chi connectivity index (χ0) is 22.5. The number of carbonyl (C=O) groups excluding carboxylic acids is 1. The van der Waals surface area contributed by atoms with E-state index in [1.165, 1.54) is 18.2 Å². The van der Waals surface area contributed by atoms with E-state index in [-0.39, 0.29) is 35.6 Å². The number of ether oxygens (including phenoxy) is 1. The minimum atomic E-state index is -0.750. The number of nitro groups is 1. The Labute approximate surface area is 178 Å². The second-order valence-electron chi connectivity index (χ2n) is 6.86. The van der Waals surface area contributed by atoms with Gasteiger partial charge in [-0.05, 0) is 31.2 Å². The minimum Gasteiger partial charge on any atom is -0.454 e. The number of nitrogens with two attached hydrogens (primary N) is 1. The van der Waals surface area contributed by atoms with Crippen molar-refractivity contribution in [2.75, 3.05) is 30.0 Å². The summed E-state index contributed by atoms with van der Waals surface area (Å²) in [5, 5.41) is 14.3. The molecule has 0 aliphatic heterocycles. The Hall–Kier alpha value is -4.28. The first-order valence-electron chi connectivity index (χ1n) is 9.20. The number of carbonyl (C=O) groups is 1. The Morgan fingerprint density at radius 2 is 1.87 bits per heavy atom. The normalized spacial score (nSPS) is 10.4. The Morgan fingerprint density at radius 1 is 1.16 bits per heavy atom. The van der Waals surface area contributed by atoms with Gasteiger partial charge in [-0.25, -0.2) is 4.79 Å². The Balaban J connectivity index is 1.73. The molecule has 1 aromatic heterocycles. The molecule has 3 N–H and O–H groups in total.